The summed E-state index contributed by atoms with van der Waals surface area (Å²) in [6.45, 7) is 6.57. The van der Waals surface area contributed by atoms with Gasteiger partial charge in [-0.3, -0.25) is 4.79 Å². The first-order valence-corrected chi connectivity index (χ1v) is 11.8. The second-order valence-corrected chi connectivity index (χ2v) is 9.61. The third kappa shape index (κ3) is 5.68. The lowest BCUT2D eigenvalue weighted by molar-refractivity contribution is 0.0269. The fraction of sp³-hybridized carbons (Fsp3) is 0.357. The Balaban J connectivity index is 1.59. The summed E-state index contributed by atoms with van der Waals surface area (Å²) in [7, 11) is 0. The fourth-order valence-corrected chi connectivity index (χ4v) is 4.31. The summed E-state index contributed by atoms with van der Waals surface area (Å²) in [6, 6.07) is 16.6. The number of hydrogen-bond acceptors (Lipinski definition) is 4. The highest BCUT2D eigenvalue weighted by molar-refractivity contribution is 5.97. The van der Waals surface area contributed by atoms with Gasteiger partial charge in [0.05, 0.1) is 17.6 Å². The number of benzene rings is 2. The van der Waals surface area contributed by atoms with E-state index in [0.29, 0.717) is 36.6 Å². The minimum absolute atomic E-state index is 0.0918. The second kappa shape index (κ2) is 10.2. The Bertz CT molecular complexity index is 1070. The molecule has 0 bridgehead atoms. The van der Waals surface area contributed by atoms with Gasteiger partial charge in [-0.15, -0.1) is 0 Å². The average molecular weight is 461 g/mol. The van der Waals surface area contributed by atoms with Gasteiger partial charge in [-0.2, -0.15) is 0 Å². The van der Waals surface area contributed by atoms with Gasteiger partial charge in [0.2, 0.25) is 0 Å². The zero-order valence-electron chi connectivity index (χ0n) is 20.0. The Morgan fingerprint density at radius 3 is 2.44 bits per heavy atom. The second-order valence-electron chi connectivity index (χ2n) is 9.61. The van der Waals surface area contributed by atoms with Gasteiger partial charge in [-0.05, 0) is 57.9 Å². The third-order valence-corrected chi connectivity index (χ3v) is 5.85. The molecule has 4 rings (SSSR count). The first kappa shape index (κ1) is 23.6. The van der Waals surface area contributed by atoms with Crippen LogP contribution in [0.1, 0.15) is 44.0 Å². The number of likely N-dealkylation sites (tertiary alicyclic amines) is 1. The van der Waals surface area contributed by atoms with Crippen molar-refractivity contribution in [3.8, 4) is 11.5 Å². The highest BCUT2D eigenvalue weighted by Crippen LogP contribution is 2.30. The number of hydrogen-bond donors (Lipinski definition) is 0. The van der Waals surface area contributed by atoms with Crippen molar-refractivity contribution >= 4 is 12.0 Å². The number of ether oxygens (including phenoxy) is 2. The quantitative estimate of drug-likeness (QED) is 0.565. The van der Waals surface area contributed by atoms with E-state index >= 15 is 0 Å². The molecule has 1 fully saturated rings. The molecular formula is C28H32N2O4. The van der Waals surface area contributed by atoms with Gasteiger partial charge >= 0.3 is 6.09 Å². The summed E-state index contributed by atoms with van der Waals surface area (Å²) in [5, 5.41) is 0. The van der Waals surface area contributed by atoms with Crippen molar-refractivity contribution in [2.24, 2.45) is 0 Å². The molecule has 1 aliphatic carbocycles. The lowest BCUT2D eigenvalue weighted by atomic mass is 10.0. The maximum atomic E-state index is 14.0. The van der Waals surface area contributed by atoms with Crippen LogP contribution in [0.4, 0.5) is 4.79 Å². The van der Waals surface area contributed by atoms with Gasteiger partial charge in [0.1, 0.15) is 17.1 Å². The zero-order chi connectivity index (χ0) is 24.1. The molecule has 0 aromatic heterocycles. The van der Waals surface area contributed by atoms with Crippen molar-refractivity contribution in [1.82, 2.24) is 9.80 Å². The summed E-state index contributed by atoms with van der Waals surface area (Å²) in [6.07, 6.45) is 9.17. The number of nitrogens with zero attached hydrogens (tertiary/aromatic N) is 2. The highest BCUT2D eigenvalue weighted by atomic mass is 16.6. The summed E-state index contributed by atoms with van der Waals surface area (Å²) in [4.78, 5) is 30.3. The molecule has 6 nitrogen and oxygen atoms in total. The molecule has 0 radical (unpaired) electrons. The summed E-state index contributed by atoms with van der Waals surface area (Å²) < 4.78 is 11.6. The Morgan fingerprint density at radius 1 is 1.00 bits per heavy atom. The predicted molar refractivity (Wildman–Crippen MR) is 132 cm³/mol. The Hall–Kier alpha value is -3.54. The lowest BCUT2D eigenvalue weighted by Crippen LogP contribution is -2.48. The third-order valence-electron chi connectivity index (χ3n) is 5.85. The molecule has 2 atom stereocenters. The molecule has 2 aromatic rings. The van der Waals surface area contributed by atoms with Crippen molar-refractivity contribution in [2.75, 3.05) is 13.1 Å². The van der Waals surface area contributed by atoms with E-state index in [1.165, 1.54) is 0 Å². The van der Waals surface area contributed by atoms with Crippen molar-refractivity contribution in [3.05, 3.63) is 84.5 Å². The van der Waals surface area contributed by atoms with Crippen LogP contribution in [0.2, 0.25) is 0 Å². The fourth-order valence-electron chi connectivity index (χ4n) is 4.31. The van der Waals surface area contributed by atoms with E-state index in [4.69, 9.17) is 9.47 Å². The molecular weight excluding hydrogens is 428 g/mol. The van der Waals surface area contributed by atoms with Crippen LogP contribution in [0.5, 0.6) is 11.5 Å². The molecule has 0 spiro atoms. The van der Waals surface area contributed by atoms with Gasteiger partial charge in [0.15, 0.2) is 0 Å². The van der Waals surface area contributed by atoms with Crippen molar-refractivity contribution in [3.63, 3.8) is 0 Å². The van der Waals surface area contributed by atoms with Crippen molar-refractivity contribution in [1.29, 1.82) is 0 Å². The number of amides is 2. The van der Waals surface area contributed by atoms with E-state index in [9.17, 15) is 9.59 Å². The van der Waals surface area contributed by atoms with E-state index in [1.54, 1.807) is 11.0 Å². The van der Waals surface area contributed by atoms with Crippen LogP contribution in [0.3, 0.4) is 0 Å². The van der Waals surface area contributed by atoms with E-state index < -0.39 is 5.60 Å². The topological polar surface area (TPSA) is 59.1 Å². The molecule has 0 saturated carbocycles. The maximum absolute atomic E-state index is 14.0. The SMILES string of the molecule is CC(C)(C)OC(=O)N1CC[C@H](N(C(=O)c2ccccc2Oc2ccccc2)C2C=CC=CC2)C1. The maximum Gasteiger partial charge on any atom is 0.410 e. The molecule has 2 aliphatic rings. The number of para-hydroxylation sites is 2. The summed E-state index contributed by atoms with van der Waals surface area (Å²) in [5.41, 5.74) is -0.0556. The van der Waals surface area contributed by atoms with Crippen molar-refractivity contribution in [2.45, 2.75) is 51.3 Å². The number of allylic oxidation sites excluding steroid dienone is 2. The van der Waals surface area contributed by atoms with Gasteiger partial charge in [-0.1, -0.05) is 54.6 Å². The van der Waals surface area contributed by atoms with Crippen molar-refractivity contribution < 1.29 is 19.1 Å². The van der Waals surface area contributed by atoms with Gasteiger partial charge in [-0.25, -0.2) is 4.79 Å². The van der Waals surface area contributed by atoms with E-state index in [2.05, 4.69) is 12.2 Å². The molecule has 6 heteroatoms. The van der Waals surface area contributed by atoms with Gasteiger partial charge in [0.25, 0.3) is 5.91 Å². The van der Waals surface area contributed by atoms with Crippen LogP contribution < -0.4 is 4.74 Å². The summed E-state index contributed by atoms with van der Waals surface area (Å²) in [5.74, 6) is 1.08. The van der Waals surface area contributed by atoms with Crippen LogP contribution in [-0.2, 0) is 4.74 Å². The monoisotopic (exact) mass is 460 g/mol. The number of carbonyl (C=O) groups excluding carboxylic acids is 2. The summed E-state index contributed by atoms with van der Waals surface area (Å²) >= 11 is 0. The number of carbonyl (C=O) groups is 2. The molecule has 1 aliphatic heterocycles. The molecule has 34 heavy (non-hydrogen) atoms. The largest absolute Gasteiger partial charge is 0.457 e. The normalized spacial score (nSPS) is 19.7. The Kier molecular flexibility index (Phi) is 7.06. The molecule has 1 saturated heterocycles. The van der Waals surface area contributed by atoms with Crippen LogP contribution in [0.15, 0.2) is 78.9 Å². The molecule has 2 amide bonds. The highest BCUT2D eigenvalue weighted by Gasteiger charge is 2.38. The minimum Gasteiger partial charge on any atom is -0.457 e. The molecule has 178 valence electrons. The van der Waals surface area contributed by atoms with E-state index in [1.807, 2.05) is 86.4 Å². The smallest absolute Gasteiger partial charge is 0.410 e. The minimum atomic E-state index is -0.560. The first-order valence-electron chi connectivity index (χ1n) is 11.8. The van der Waals surface area contributed by atoms with E-state index in [0.717, 1.165) is 6.42 Å². The van der Waals surface area contributed by atoms with Crippen LogP contribution in [0, 0.1) is 0 Å². The van der Waals surface area contributed by atoms with Gasteiger partial charge in [0, 0.05) is 13.1 Å². The average Bonchev–Trinajstić information content (AvgIpc) is 3.30. The Morgan fingerprint density at radius 2 is 1.74 bits per heavy atom. The van der Waals surface area contributed by atoms with Crippen LogP contribution >= 0.6 is 0 Å². The molecule has 2 aromatic carbocycles. The predicted octanol–water partition coefficient (Wildman–Crippen LogP) is 5.82. The molecule has 1 unspecified atom stereocenters. The Labute approximate surface area is 201 Å². The van der Waals surface area contributed by atoms with Gasteiger partial charge < -0.3 is 19.3 Å². The first-order chi connectivity index (χ1) is 16.3. The number of rotatable bonds is 5. The van der Waals surface area contributed by atoms with Crippen LogP contribution in [-0.4, -0.2) is 52.6 Å². The van der Waals surface area contributed by atoms with Crippen LogP contribution in [0.25, 0.3) is 0 Å². The molecule has 0 N–H and O–H groups in total. The zero-order valence-corrected chi connectivity index (χ0v) is 20.0. The standard InChI is InChI=1S/C28H32N2O4/c1-28(2,3)34-27(32)29-19-18-22(20-29)30(21-12-6-4-7-13-21)26(31)24-16-10-11-17-25(24)33-23-14-8-5-9-15-23/h4-12,14-17,21-22H,13,18-20H2,1-3H3/t21?,22-/m0/s1. The molecule has 1 heterocycles. The van der Waals surface area contributed by atoms with E-state index in [-0.39, 0.29) is 24.1 Å². The lowest BCUT2D eigenvalue weighted by Gasteiger charge is -2.36.